The summed E-state index contributed by atoms with van der Waals surface area (Å²) < 4.78 is 4.61. The third kappa shape index (κ3) is 2.75. The van der Waals surface area contributed by atoms with E-state index in [-0.39, 0.29) is 5.56 Å². The SMILES string of the molecule is COC(=O)c1c(SC)nc(-c2ccc(C)cc2)[nH]c1=O. The molecule has 5 nitrogen and oxygen atoms in total. The van der Waals surface area contributed by atoms with Crippen LogP contribution in [0.4, 0.5) is 0 Å². The van der Waals surface area contributed by atoms with Crippen molar-refractivity contribution < 1.29 is 9.53 Å². The van der Waals surface area contributed by atoms with Crippen molar-refractivity contribution in [3.63, 3.8) is 0 Å². The number of ether oxygens (including phenoxy) is 1. The van der Waals surface area contributed by atoms with Crippen LogP contribution in [0.1, 0.15) is 15.9 Å². The Hall–Kier alpha value is -2.08. The highest BCUT2D eigenvalue weighted by Crippen LogP contribution is 2.20. The zero-order valence-electron chi connectivity index (χ0n) is 11.4. The fourth-order valence-corrected chi connectivity index (χ4v) is 2.29. The Morgan fingerprint density at radius 3 is 2.50 bits per heavy atom. The molecule has 1 heterocycles. The van der Waals surface area contributed by atoms with Crippen molar-refractivity contribution in [2.75, 3.05) is 13.4 Å². The summed E-state index contributed by atoms with van der Waals surface area (Å²) in [6, 6.07) is 7.61. The van der Waals surface area contributed by atoms with Gasteiger partial charge in [-0.2, -0.15) is 0 Å². The number of benzene rings is 1. The maximum atomic E-state index is 12.1. The topological polar surface area (TPSA) is 72.0 Å². The molecule has 0 fully saturated rings. The molecule has 0 atom stereocenters. The summed E-state index contributed by atoms with van der Waals surface area (Å²) in [5, 5.41) is 0.358. The summed E-state index contributed by atoms with van der Waals surface area (Å²) in [6.07, 6.45) is 1.76. The van der Waals surface area contributed by atoms with Crippen molar-refractivity contribution in [3.8, 4) is 11.4 Å². The van der Waals surface area contributed by atoms with E-state index in [0.717, 1.165) is 11.1 Å². The molecule has 0 unspecified atom stereocenters. The Morgan fingerprint density at radius 2 is 1.95 bits per heavy atom. The minimum atomic E-state index is -0.682. The van der Waals surface area contributed by atoms with Gasteiger partial charge in [-0.25, -0.2) is 9.78 Å². The molecule has 0 amide bonds. The van der Waals surface area contributed by atoms with Crippen LogP contribution >= 0.6 is 11.8 Å². The van der Waals surface area contributed by atoms with Crippen LogP contribution in [0, 0.1) is 6.92 Å². The Bertz CT molecular complexity index is 693. The second-order valence-corrected chi connectivity index (χ2v) is 4.95. The molecule has 1 N–H and O–H groups in total. The lowest BCUT2D eigenvalue weighted by Crippen LogP contribution is -2.22. The molecule has 2 rings (SSSR count). The first-order valence-electron chi connectivity index (χ1n) is 5.90. The number of hydrogen-bond acceptors (Lipinski definition) is 5. The number of H-pyrrole nitrogens is 1. The van der Waals surface area contributed by atoms with Crippen molar-refractivity contribution in [2.45, 2.75) is 11.9 Å². The molecule has 0 spiro atoms. The van der Waals surface area contributed by atoms with Crippen molar-refractivity contribution >= 4 is 17.7 Å². The molecule has 20 heavy (non-hydrogen) atoms. The number of aromatic amines is 1. The Labute approximate surface area is 120 Å². The predicted molar refractivity (Wildman–Crippen MR) is 78.2 cm³/mol. The van der Waals surface area contributed by atoms with E-state index < -0.39 is 11.5 Å². The van der Waals surface area contributed by atoms with Crippen LogP contribution in [-0.4, -0.2) is 29.3 Å². The van der Waals surface area contributed by atoms with E-state index in [2.05, 4.69) is 14.7 Å². The van der Waals surface area contributed by atoms with Crippen molar-refractivity contribution in [3.05, 3.63) is 45.7 Å². The summed E-state index contributed by atoms with van der Waals surface area (Å²) in [7, 11) is 1.24. The minimum Gasteiger partial charge on any atom is -0.465 e. The number of methoxy groups -OCH3 is 1. The van der Waals surface area contributed by atoms with Gasteiger partial charge in [-0.3, -0.25) is 4.79 Å². The normalized spacial score (nSPS) is 10.3. The number of aryl methyl sites for hydroxylation is 1. The molecule has 1 aromatic heterocycles. The number of aromatic nitrogens is 2. The third-order valence-corrected chi connectivity index (χ3v) is 3.48. The number of carbonyl (C=O) groups excluding carboxylic acids is 1. The molecule has 2 aromatic rings. The predicted octanol–water partition coefficient (Wildman–Crippen LogP) is 2.25. The highest BCUT2D eigenvalue weighted by molar-refractivity contribution is 7.98. The zero-order chi connectivity index (χ0) is 14.7. The van der Waals surface area contributed by atoms with Gasteiger partial charge in [-0.15, -0.1) is 11.8 Å². The van der Waals surface area contributed by atoms with Gasteiger partial charge in [-0.05, 0) is 13.2 Å². The maximum Gasteiger partial charge on any atom is 0.346 e. The largest absolute Gasteiger partial charge is 0.465 e. The number of hydrogen-bond donors (Lipinski definition) is 1. The summed E-state index contributed by atoms with van der Waals surface area (Å²) in [6.45, 7) is 1.98. The fraction of sp³-hybridized carbons (Fsp3) is 0.214. The van der Waals surface area contributed by atoms with Gasteiger partial charge >= 0.3 is 5.97 Å². The van der Waals surface area contributed by atoms with Crippen molar-refractivity contribution in [1.29, 1.82) is 0 Å². The van der Waals surface area contributed by atoms with Crippen LogP contribution in [0.25, 0.3) is 11.4 Å². The second kappa shape index (κ2) is 5.92. The number of carbonyl (C=O) groups is 1. The van der Waals surface area contributed by atoms with Gasteiger partial charge in [0.25, 0.3) is 5.56 Å². The van der Waals surface area contributed by atoms with Crippen molar-refractivity contribution in [1.82, 2.24) is 9.97 Å². The molecule has 0 aliphatic rings. The average molecular weight is 290 g/mol. The summed E-state index contributed by atoms with van der Waals surface area (Å²) in [5.74, 6) is -0.245. The van der Waals surface area contributed by atoms with E-state index in [1.807, 2.05) is 31.2 Å². The van der Waals surface area contributed by atoms with E-state index in [9.17, 15) is 9.59 Å². The minimum absolute atomic E-state index is 0.0594. The molecule has 0 radical (unpaired) electrons. The number of nitrogens with zero attached hydrogens (tertiary/aromatic N) is 1. The third-order valence-electron chi connectivity index (χ3n) is 2.79. The molecule has 0 bridgehead atoms. The van der Waals surface area contributed by atoms with Crippen LogP contribution in [0.15, 0.2) is 34.1 Å². The van der Waals surface area contributed by atoms with E-state index in [1.54, 1.807) is 6.26 Å². The number of esters is 1. The average Bonchev–Trinajstić information content (AvgIpc) is 2.46. The standard InChI is InChI=1S/C14H14N2O3S/c1-8-4-6-9(7-5-8)11-15-12(17)10(14(18)19-2)13(16-11)20-3/h4-7H,1-3H3,(H,15,16,17). The van der Waals surface area contributed by atoms with Crippen LogP contribution in [-0.2, 0) is 4.74 Å². The Kier molecular flexibility index (Phi) is 4.24. The van der Waals surface area contributed by atoms with E-state index in [4.69, 9.17) is 0 Å². The first kappa shape index (κ1) is 14.3. The number of thioether (sulfide) groups is 1. The highest BCUT2D eigenvalue weighted by Gasteiger charge is 2.19. The van der Waals surface area contributed by atoms with Crippen LogP contribution in [0.2, 0.25) is 0 Å². The van der Waals surface area contributed by atoms with Crippen LogP contribution < -0.4 is 5.56 Å². The first-order valence-corrected chi connectivity index (χ1v) is 7.13. The van der Waals surface area contributed by atoms with Crippen LogP contribution in [0.5, 0.6) is 0 Å². The molecule has 0 aliphatic heterocycles. The lowest BCUT2D eigenvalue weighted by molar-refractivity contribution is 0.0593. The smallest absolute Gasteiger partial charge is 0.346 e. The van der Waals surface area contributed by atoms with Gasteiger partial charge < -0.3 is 9.72 Å². The molecular formula is C14H14N2O3S. The summed E-state index contributed by atoms with van der Waals surface area (Å²) in [5.41, 5.74) is 1.36. The van der Waals surface area contributed by atoms with Gasteiger partial charge in [-0.1, -0.05) is 29.8 Å². The van der Waals surface area contributed by atoms with Gasteiger partial charge in [0.15, 0.2) is 5.56 Å². The zero-order valence-corrected chi connectivity index (χ0v) is 12.2. The quantitative estimate of drug-likeness (QED) is 0.533. The summed E-state index contributed by atoms with van der Waals surface area (Å²) in [4.78, 5) is 30.6. The Morgan fingerprint density at radius 1 is 1.30 bits per heavy atom. The van der Waals surface area contributed by atoms with Gasteiger partial charge in [0.1, 0.15) is 10.9 Å². The van der Waals surface area contributed by atoms with Gasteiger partial charge in [0.05, 0.1) is 7.11 Å². The number of rotatable bonds is 3. The second-order valence-electron chi connectivity index (χ2n) is 4.16. The van der Waals surface area contributed by atoms with Crippen LogP contribution in [0.3, 0.4) is 0 Å². The monoisotopic (exact) mass is 290 g/mol. The lowest BCUT2D eigenvalue weighted by atomic mass is 10.1. The Balaban J connectivity index is 2.58. The number of nitrogens with one attached hydrogen (secondary N) is 1. The fourth-order valence-electron chi connectivity index (χ4n) is 1.73. The first-order chi connectivity index (χ1) is 9.56. The molecule has 0 saturated heterocycles. The van der Waals surface area contributed by atoms with E-state index >= 15 is 0 Å². The lowest BCUT2D eigenvalue weighted by Gasteiger charge is -2.07. The highest BCUT2D eigenvalue weighted by atomic mass is 32.2. The molecule has 1 aromatic carbocycles. The maximum absolute atomic E-state index is 12.1. The van der Waals surface area contributed by atoms with Gasteiger partial charge in [0, 0.05) is 5.56 Å². The van der Waals surface area contributed by atoms with E-state index in [0.29, 0.717) is 10.9 Å². The molecule has 0 saturated carbocycles. The van der Waals surface area contributed by atoms with E-state index in [1.165, 1.54) is 18.9 Å². The van der Waals surface area contributed by atoms with Gasteiger partial charge in [0.2, 0.25) is 0 Å². The molecule has 0 aliphatic carbocycles. The molecule has 104 valence electrons. The van der Waals surface area contributed by atoms with Crippen molar-refractivity contribution in [2.24, 2.45) is 0 Å². The molecular weight excluding hydrogens is 276 g/mol. The summed E-state index contributed by atoms with van der Waals surface area (Å²) >= 11 is 1.23. The molecule has 6 heteroatoms.